The van der Waals surface area contributed by atoms with E-state index in [4.69, 9.17) is 4.74 Å². The zero-order valence-electron chi connectivity index (χ0n) is 12.2. The van der Waals surface area contributed by atoms with Gasteiger partial charge in [-0.3, -0.25) is 10.1 Å². The zero-order valence-corrected chi connectivity index (χ0v) is 12.2. The van der Waals surface area contributed by atoms with Crippen LogP contribution in [0.15, 0.2) is 0 Å². The minimum Gasteiger partial charge on any atom is -0.385 e. The van der Waals surface area contributed by atoms with Crippen LogP contribution in [0.5, 0.6) is 0 Å². The van der Waals surface area contributed by atoms with E-state index in [0.29, 0.717) is 6.61 Å². The Morgan fingerprint density at radius 1 is 1.44 bits per heavy atom. The quantitative estimate of drug-likeness (QED) is 0.723. The number of rotatable bonds is 8. The van der Waals surface area contributed by atoms with Crippen LogP contribution < -0.4 is 5.32 Å². The average molecular weight is 256 g/mol. The summed E-state index contributed by atoms with van der Waals surface area (Å²) in [6.07, 6.45) is 5.28. The van der Waals surface area contributed by atoms with E-state index >= 15 is 0 Å². The Balaban J connectivity index is 2.60. The van der Waals surface area contributed by atoms with Crippen LogP contribution in [-0.2, 0) is 9.53 Å². The van der Waals surface area contributed by atoms with Crippen LogP contribution in [0.1, 0.15) is 52.9 Å². The third-order valence-electron chi connectivity index (χ3n) is 3.73. The first-order chi connectivity index (χ1) is 8.65. The summed E-state index contributed by atoms with van der Waals surface area (Å²) >= 11 is 0. The maximum absolute atomic E-state index is 12.4. The highest BCUT2D eigenvalue weighted by Crippen LogP contribution is 2.21. The fourth-order valence-electron chi connectivity index (χ4n) is 2.60. The molecule has 1 saturated heterocycles. The number of carbonyl (C=O) groups excluding carboxylic acids is 1. The molecule has 0 saturated carbocycles. The van der Waals surface area contributed by atoms with Gasteiger partial charge in [-0.15, -0.1) is 0 Å². The lowest BCUT2D eigenvalue weighted by molar-refractivity contribution is -0.132. The van der Waals surface area contributed by atoms with E-state index in [1.807, 2.05) is 4.90 Å². The molecule has 3 atom stereocenters. The van der Waals surface area contributed by atoms with E-state index in [2.05, 4.69) is 26.1 Å². The van der Waals surface area contributed by atoms with Gasteiger partial charge in [-0.1, -0.05) is 26.7 Å². The van der Waals surface area contributed by atoms with Crippen molar-refractivity contribution in [2.75, 3.05) is 13.7 Å². The Morgan fingerprint density at radius 3 is 2.72 bits per heavy atom. The van der Waals surface area contributed by atoms with Gasteiger partial charge in [-0.05, 0) is 26.2 Å². The number of nitrogens with zero attached hydrogens (tertiary/aromatic N) is 1. The topological polar surface area (TPSA) is 41.6 Å². The molecule has 1 aliphatic heterocycles. The van der Waals surface area contributed by atoms with E-state index in [-0.39, 0.29) is 24.2 Å². The lowest BCUT2D eigenvalue weighted by Gasteiger charge is -2.29. The molecule has 0 spiro atoms. The van der Waals surface area contributed by atoms with E-state index < -0.39 is 0 Å². The van der Waals surface area contributed by atoms with Gasteiger partial charge in [-0.2, -0.15) is 0 Å². The number of hydrogen-bond donors (Lipinski definition) is 1. The predicted octanol–water partition coefficient (Wildman–Crippen LogP) is 2.14. The molecule has 0 aliphatic carbocycles. The lowest BCUT2D eigenvalue weighted by Crippen LogP contribution is -2.43. The van der Waals surface area contributed by atoms with E-state index in [1.165, 1.54) is 0 Å². The second-order valence-corrected chi connectivity index (χ2v) is 5.16. The fraction of sp³-hybridized carbons (Fsp3) is 0.929. The van der Waals surface area contributed by atoms with Crippen molar-refractivity contribution < 1.29 is 9.53 Å². The molecule has 1 N–H and O–H groups in total. The second kappa shape index (κ2) is 7.74. The summed E-state index contributed by atoms with van der Waals surface area (Å²) in [6, 6.07) is 0.279. The van der Waals surface area contributed by atoms with Crippen molar-refractivity contribution in [3.8, 4) is 0 Å². The Labute approximate surface area is 111 Å². The third kappa shape index (κ3) is 3.69. The Hall–Kier alpha value is -0.610. The molecule has 1 rings (SSSR count). The van der Waals surface area contributed by atoms with Crippen molar-refractivity contribution in [3.63, 3.8) is 0 Å². The molecule has 18 heavy (non-hydrogen) atoms. The van der Waals surface area contributed by atoms with Crippen molar-refractivity contribution in [1.29, 1.82) is 0 Å². The highest BCUT2D eigenvalue weighted by Gasteiger charge is 2.39. The maximum atomic E-state index is 12.4. The van der Waals surface area contributed by atoms with Crippen LogP contribution in [0.3, 0.4) is 0 Å². The van der Waals surface area contributed by atoms with E-state index in [1.54, 1.807) is 7.11 Å². The maximum Gasteiger partial charge on any atom is 0.241 e. The smallest absolute Gasteiger partial charge is 0.241 e. The Kier molecular flexibility index (Phi) is 6.65. The zero-order chi connectivity index (χ0) is 13.5. The molecule has 0 aromatic heterocycles. The molecule has 0 aromatic rings. The third-order valence-corrected chi connectivity index (χ3v) is 3.73. The van der Waals surface area contributed by atoms with Gasteiger partial charge in [0.15, 0.2) is 0 Å². The van der Waals surface area contributed by atoms with Crippen LogP contribution in [0.25, 0.3) is 0 Å². The number of carbonyl (C=O) groups is 1. The van der Waals surface area contributed by atoms with Crippen LogP contribution >= 0.6 is 0 Å². The SMILES string of the molecule is CCCCC1NC(CC)N(C(C)CCOC)C1=O. The van der Waals surface area contributed by atoms with Crippen molar-refractivity contribution in [2.45, 2.75) is 71.1 Å². The second-order valence-electron chi connectivity index (χ2n) is 5.16. The van der Waals surface area contributed by atoms with Gasteiger partial charge in [0.25, 0.3) is 0 Å². The molecule has 1 amide bonds. The van der Waals surface area contributed by atoms with Crippen LogP contribution in [-0.4, -0.2) is 42.8 Å². The van der Waals surface area contributed by atoms with Gasteiger partial charge < -0.3 is 9.64 Å². The standard InChI is InChI=1S/C14H28N2O2/c1-5-7-8-12-14(17)16(13(6-2)15-12)11(3)9-10-18-4/h11-13,15H,5-10H2,1-4H3. The van der Waals surface area contributed by atoms with Gasteiger partial charge in [0, 0.05) is 19.8 Å². The number of hydrogen-bond acceptors (Lipinski definition) is 3. The summed E-state index contributed by atoms with van der Waals surface area (Å²) in [5.41, 5.74) is 0. The molecular formula is C14H28N2O2. The van der Waals surface area contributed by atoms with Crippen molar-refractivity contribution in [1.82, 2.24) is 10.2 Å². The lowest BCUT2D eigenvalue weighted by atomic mass is 10.1. The molecule has 0 bridgehead atoms. The van der Waals surface area contributed by atoms with E-state index in [9.17, 15) is 4.79 Å². The minimum absolute atomic E-state index is 0.0277. The highest BCUT2D eigenvalue weighted by molar-refractivity contribution is 5.84. The molecule has 1 heterocycles. The van der Waals surface area contributed by atoms with Gasteiger partial charge in [0.1, 0.15) is 0 Å². The number of methoxy groups -OCH3 is 1. The molecular weight excluding hydrogens is 228 g/mol. The van der Waals surface area contributed by atoms with Gasteiger partial charge in [0.2, 0.25) is 5.91 Å². The summed E-state index contributed by atoms with van der Waals surface area (Å²) in [4.78, 5) is 14.4. The summed E-state index contributed by atoms with van der Waals surface area (Å²) < 4.78 is 5.11. The predicted molar refractivity (Wildman–Crippen MR) is 73.3 cm³/mol. The number of unbranched alkanes of at least 4 members (excludes halogenated alkanes) is 1. The number of nitrogens with one attached hydrogen (secondary N) is 1. The average Bonchev–Trinajstić information content (AvgIpc) is 2.70. The molecule has 0 radical (unpaired) electrons. The van der Waals surface area contributed by atoms with Crippen molar-refractivity contribution in [3.05, 3.63) is 0 Å². The van der Waals surface area contributed by atoms with Crippen LogP contribution in [0.4, 0.5) is 0 Å². The van der Waals surface area contributed by atoms with Gasteiger partial charge in [0.05, 0.1) is 12.2 Å². The first-order valence-electron chi connectivity index (χ1n) is 7.22. The van der Waals surface area contributed by atoms with E-state index in [0.717, 1.165) is 32.1 Å². The number of amides is 1. The Morgan fingerprint density at radius 2 is 2.17 bits per heavy atom. The molecule has 4 nitrogen and oxygen atoms in total. The normalized spacial score (nSPS) is 25.8. The molecule has 4 heteroatoms. The van der Waals surface area contributed by atoms with Gasteiger partial charge in [-0.25, -0.2) is 0 Å². The van der Waals surface area contributed by atoms with Crippen molar-refractivity contribution >= 4 is 5.91 Å². The summed E-state index contributed by atoms with van der Waals surface area (Å²) in [5.74, 6) is 0.277. The molecule has 0 aromatic carbocycles. The number of ether oxygens (including phenoxy) is 1. The first-order valence-corrected chi connectivity index (χ1v) is 7.22. The monoisotopic (exact) mass is 256 g/mol. The summed E-state index contributed by atoms with van der Waals surface area (Å²) in [7, 11) is 1.71. The molecule has 1 fully saturated rings. The highest BCUT2D eigenvalue weighted by atomic mass is 16.5. The molecule has 106 valence electrons. The van der Waals surface area contributed by atoms with Crippen molar-refractivity contribution in [2.24, 2.45) is 0 Å². The van der Waals surface area contributed by atoms with Gasteiger partial charge >= 0.3 is 0 Å². The van der Waals surface area contributed by atoms with Crippen LogP contribution in [0, 0.1) is 0 Å². The van der Waals surface area contributed by atoms with Crippen LogP contribution in [0.2, 0.25) is 0 Å². The molecule has 3 unspecified atom stereocenters. The Bertz CT molecular complexity index is 258. The summed E-state index contributed by atoms with van der Waals surface area (Å²) in [5, 5.41) is 3.47. The molecule has 1 aliphatic rings. The summed E-state index contributed by atoms with van der Waals surface area (Å²) in [6.45, 7) is 7.11. The largest absolute Gasteiger partial charge is 0.385 e. The minimum atomic E-state index is 0.0277. The fourth-order valence-corrected chi connectivity index (χ4v) is 2.60. The first kappa shape index (κ1) is 15.4.